The zero-order valence-electron chi connectivity index (χ0n) is 9.98. The molecule has 0 spiro atoms. The minimum atomic E-state index is -0.137. The zero-order valence-corrected chi connectivity index (χ0v) is 9.98. The lowest BCUT2D eigenvalue weighted by Crippen LogP contribution is -2.49. The third-order valence-electron chi connectivity index (χ3n) is 4.09. The van der Waals surface area contributed by atoms with E-state index in [1.165, 1.54) is 17.5 Å². The molecule has 17 heavy (non-hydrogen) atoms. The van der Waals surface area contributed by atoms with Crippen LogP contribution in [0.5, 0.6) is 0 Å². The highest BCUT2D eigenvalue weighted by Gasteiger charge is 2.40. The number of nitrogens with one attached hydrogen (secondary N) is 1. The molecule has 1 aromatic carbocycles. The van der Waals surface area contributed by atoms with Gasteiger partial charge in [0.25, 0.3) is 0 Å². The van der Waals surface area contributed by atoms with Gasteiger partial charge in [0.1, 0.15) is 0 Å². The van der Waals surface area contributed by atoms with Crippen LogP contribution in [0.25, 0.3) is 0 Å². The Kier molecular flexibility index (Phi) is 2.90. The minimum absolute atomic E-state index is 0.137. The number of ether oxygens (including phenoxy) is 1. The number of hydrogen-bond donors (Lipinski definition) is 2. The summed E-state index contributed by atoms with van der Waals surface area (Å²) in [6.45, 7) is 3.67. The number of aliphatic hydroxyl groups is 1. The molecule has 0 aromatic heterocycles. The lowest BCUT2D eigenvalue weighted by molar-refractivity contribution is -0.0841. The van der Waals surface area contributed by atoms with Crippen molar-refractivity contribution in [3.63, 3.8) is 0 Å². The van der Waals surface area contributed by atoms with Gasteiger partial charge in [-0.15, -0.1) is 0 Å². The molecule has 3 heteroatoms. The van der Waals surface area contributed by atoms with Crippen LogP contribution in [0.2, 0.25) is 0 Å². The van der Waals surface area contributed by atoms with Gasteiger partial charge in [0.05, 0.1) is 25.2 Å². The van der Waals surface area contributed by atoms with Crippen molar-refractivity contribution in [1.29, 1.82) is 0 Å². The van der Waals surface area contributed by atoms with Gasteiger partial charge in [0, 0.05) is 6.54 Å². The first-order chi connectivity index (χ1) is 8.34. The third-order valence-corrected chi connectivity index (χ3v) is 4.09. The zero-order chi connectivity index (χ0) is 11.7. The van der Waals surface area contributed by atoms with Gasteiger partial charge in [-0.05, 0) is 30.0 Å². The second kappa shape index (κ2) is 4.41. The van der Waals surface area contributed by atoms with Gasteiger partial charge >= 0.3 is 0 Å². The van der Waals surface area contributed by atoms with Gasteiger partial charge in [-0.1, -0.05) is 24.3 Å². The summed E-state index contributed by atoms with van der Waals surface area (Å²) in [5, 5.41) is 13.0. The van der Waals surface area contributed by atoms with Crippen LogP contribution in [0, 0.1) is 0 Å². The molecule has 0 aliphatic carbocycles. The Morgan fingerprint density at radius 2 is 2.29 bits per heavy atom. The second-order valence-electron chi connectivity index (χ2n) is 5.25. The Hall–Kier alpha value is -0.900. The molecule has 0 radical (unpaired) electrons. The van der Waals surface area contributed by atoms with E-state index in [0.717, 1.165) is 13.1 Å². The first kappa shape index (κ1) is 11.2. The fourth-order valence-electron chi connectivity index (χ4n) is 2.76. The van der Waals surface area contributed by atoms with Crippen molar-refractivity contribution in [3.05, 3.63) is 35.4 Å². The maximum Gasteiger partial charge on any atom is 0.0651 e. The van der Waals surface area contributed by atoms with Crippen molar-refractivity contribution in [2.45, 2.75) is 17.8 Å². The molecule has 2 aliphatic rings. The summed E-state index contributed by atoms with van der Waals surface area (Å²) in [4.78, 5) is 0. The molecular formula is C14H19NO2. The van der Waals surface area contributed by atoms with Gasteiger partial charge < -0.3 is 15.2 Å². The van der Waals surface area contributed by atoms with E-state index in [-0.39, 0.29) is 12.0 Å². The fraction of sp³-hybridized carbons (Fsp3) is 0.571. The number of benzene rings is 1. The molecule has 2 heterocycles. The Morgan fingerprint density at radius 1 is 1.41 bits per heavy atom. The van der Waals surface area contributed by atoms with Crippen molar-refractivity contribution in [1.82, 2.24) is 5.32 Å². The van der Waals surface area contributed by atoms with Gasteiger partial charge in [0.15, 0.2) is 0 Å². The van der Waals surface area contributed by atoms with Gasteiger partial charge in [-0.3, -0.25) is 0 Å². The van der Waals surface area contributed by atoms with Crippen LogP contribution in [-0.4, -0.2) is 38.0 Å². The van der Waals surface area contributed by atoms with Crippen molar-refractivity contribution in [2.24, 2.45) is 0 Å². The van der Waals surface area contributed by atoms with E-state index >= 15 is 0 Å². The smallest absolute Gasteiger partial charge is 0.0651 e. The summed E-state index contributed by atoms with van der Waals surface area (Å²) in [5.41, 5.74) is 2.49. The van der Waals surface area contributed by atoms with Crippen molar-refractivity contribution in [3.8, 4) is 0 Å². The van der Waals surface area contributed by atoms with E-state index < -0.39 is 0 Å². The number of rotatable bonds is 3. The van der Waals surface area contributed by atoms with Crippen LogP contribution >= 0.6 is 0 Å². The largest absolute Gasteiger partial charge is 0.395 e. The lowest BCUT2D eigenvalue weighted by Gasteiger charge is -2.40. The summed E-state index contributed by atoms with van der Waals surface area (Å²) in [7, 11) is 0. The summed E-state index contributed by atoms with van der Waals surface area (Å²) < 4.78 is 5.28. The van der Waals surface area contributed by atoms with E-state index in [2.05, 4.69) is 29.6 Å². The predicted molar refractivity (Wildman–Crippen MR) is 66.3 cm³/mol. The molecule has 92 valence electrons. The highest BCUT2D eigenvalue weighted by Crippen LogP contribution is 2.34. The summed E-state index contributed by atoms with van der Waals surface area (Å²) >= 11 is 0. The monoisotopic (exact) mass is 233 g/mol. The number of hydrogen-bond acceptors (Lipinski definition) is 3. The Balaban J connectivity index is 1.88. The van der Waals surface area contributed by atoms with Gasteiger partial charge in [-0.25, -0.2) is 0 Å². The van der Waals surface area contributed by atoms with Crippen LogP contribution in [0.15, 0.2) is 24.3 Å². The van der Waals surface area contributed by atoms with Crippen LogP contribution in [0.4, 0.5) is 0 Å². The molecule has 0 saturated carbocycles. The maximum atomic E-state index is 9.55. The molecule has 2 aliphatic heterocycles. The van der Waals surface area contributed by atoms with Crippen LogP contribution in [0.3, 0.4) is 0 Å². The van der Waals surface area contributed by atoms with Crippen LogP contribution < -0.4 is 5.32 Å². The molecule has 1 unspecified atom stereocenters. The topological polar surface area (TPSA) is 41.5 Å². The summed E-state index contributed by atoms with van der Waals surface area (Å²) in [6, 6.07) is 8.69. The van der Waals surface area contributed by atoms with E-state index in [9.17, 15) is 5.11 Å². The standard InChI is InChI=1S/C14H19NO2/c16-8-14(9-17-10-14)13-3-1-2-11(6-13)12-4-5-15-7-12/h1-3,6,12,15-16H,4-5,7-10H2. The molecule has 0 bridgehead atoms. The Labute approximate surface area is 102 Å². The molecule has 3 rings (SSSR count). The summed E-state index contributed by atoms with van der Waals surface area (Å²) in [5.74, 6) is 0.631. The molecule has 0 amide bonds. The molecule has 2 saturated heterocycles. The maximum absolute atomic E-state index is 9.55. The summed E-state index contributed by atoms with van der Waals surface area (Å²) in [6.07, 6.45) is 1.21. The molecular weight excluding hydrogens is 214 g/mol. The van der Waals surface area contributed by atoms with E-state index in [0.29, 0.717) is 19.1 Å². The first-order valence-electron chi connectivity index (χ1n) is 6.34. The highest BCUT2D eigenvalue weighted by atomic mass is 16.5. The molecule has 2 N–H and O–H groups in total. The SMILES string of the molecule is OCC1(c2cccc(C3CCNC3)c2)COC1. The quantitative estimate of drug-likeness (QED) is 0.819. The normalized spacial score (nSPS) is 26.8. The molecule has 1 atom stereocenters. The third kappa shape index (κ3) is 1.88. The second-order valence-corrected chi connectivity index (χ2v) is 5.25. The predicted octanol–water partition coefficient (Wildman–Crippen LogP) is 1.02. The highest BCUT2D eigenvalue weighted by molar-refractivity contribution is 5.34. The average molecular weight is 233 g/mol. The Morgan fingerprint density at radius 3 is 2.88 bits per heavy atom. The van der Waals surface area contributed by atoms with Crippen molar-refractivity contribution < 1.29 is 9.84 Å². The Bertz CT molecular complexity index is 389. The fourth-order valence-corrected chi connectivity index (χ4v) is 2.76. The molecule has 1 aromatic rings. The average Bonchev–Trinajstić information content (AvgIpc) is 2.82. The number of aliphatic hydroxyl groups excluding tert-OH is 1. The molecule has 2 fully saturated rings. The first-order valence-corrected chi connectivity index (χ1v) is 6.34. The van der Waals surface area contributed by atoms with Crippen LogP contribution in [0.1, 0.15) is 23.5 Å². The minimum Gasteiger partial charge on any atom is -0.395 e. The lowest BCUT2D eigenvalue weighted by atomic mass is 9.78. The van der Waals surface area contributed by atoms with E-state index in [4.69, 9.17) is 4.74 Å². The van der Waals surface area contributed by atoms with E-state index in [1.54, 1.807) is 0 Å². The van der Waals surface area contributed by atoms with Gasteiger partial charge in [-0.2, -0.15) is 0 Å². The van der Waals surface area contributed by atoms with Crippen molar-refractivity contribution in [2.75, 3.05) is 32.9 Å². The van der Waals surface area contributed by atoms with Gasteiger partial charge in [0.2, 0.25) is 0 Å². The van der Waals surface area contributed by atoms with Crippen LogP contribution in [-0.2, 0) is 10.2 Å². The van der Waals surface area contributed by atoms with E-state index in [1.807, 2.05) is 0 Å². The van der Waals surface area contributed by atoms with Crippen molar-refractivity contribution >= 4 is 0 Å². The molecule has 3 nitrogen and oxygen atoms in total.